The normalized spacial score (nSPS) is 15.6. The number of aliphatic hydroxyl groups is 1. The Balaban J connectivity index is 1.88. The summed E-state index contributed by atoms with van der Waals surface area (Å²) in [6.07, 6.45) is 1.25. The SMILES string of the molecule is COc1ccc(OC)c(C(O)C2Cc3ccccc3C2)c1. The van der Waals surface area contributed by atoms with Crippen molar-refractivity contribution in [3.63, 3.8) is 0 Å². The van der Waals surface area contributed by atoms with Gasteiger partial charge in [0.2, 0.25) is 0 Å². The first kappa shape index (κ1) is 14.0. The minimum absolute atomic E-state index is 0.184. The zero-order valence-corrected chi connectivity index (χ0v) is 12.4. The number of hydrogen-bond acceptors (Lipinski definition) is 3. The maximum atomic E-state index is 10.8. The molecular weight excluding hydrogens is 264 g/mol. The molecule has 0 amide bonds. The van der Waals surface area contributed by atoms with Crippen LogP contribution in [0.5, 0.6) is 11.5 Å². The third-order valence-corrected chi connectivity index (χ3v) is 4.28. The number of hydrogen-bond donors (Lipinski definition) is 1. The van der Waals surface area contributed by atoms with Crippen molar-refractivity contribution in [3.8, 4) is 11.5 Å². The smallest absolute Gasteiger partial charge is 0.124 e. The van der Waals surface area contributed by atoms with Crippen LogP contribution in [0.4, 0.5) is 0 Å². The van der Waals surface area contributed by atoms with Crippen LogP contribution in [0.3, 0.4) is 0 Å². The lowest BCUT2D eigenvalue weighted by Gasteiger charge is -2.21. The van der Waals surface area contributed by atoms with E-state index in [1.54, 1.807) is 14.2 Å². The van der Waals surface area contributed by atoms with Gasteiger partial charge in [-0.3, -0.25) is 0 Å². The summed E-state index contributed by atoms with van der Waals surface area (Å²) in [5, 5.41) is 10.8. The standard InChI is InChI=1S/C18H20O3/c1-20-15-7-8-17(21-2)16(11-15)18(19)14-9-12-5-3-4-6-13(12)10-14/h3-8,11,14,18-19H,9-10H2,1-2H3. The summed E-state index contributed by atoms with van der Waals surface area (Å²) in [6.45, 7) is 0. The van der Waals surface area contributed by atoms with Crippen LogP contribution >= 0.6 is 0 Å². The Bertz CT molecular complexity index is 611. The van der Waals surface area contributed by atoms with Crippen LogP contribution in [-0.2, 0) is 12.8 Å². The molecule has 0 radical (unpaired) electrons. The van der Waals surface area contributed by atoms with Crippen molar-refractivity contribution in [2.24, 2.45) is 5.92 Å². The largest absolute Gasteiger partial charge is 0.497 e. The van der Waals surface area contributed by atoms with Gasteiger partial charge in [0.05, 0.1) is 20.3 Å². The van der Waals surface area contributed by atoms with Gasteiger partial charge in [-0.1, -0.05) is 24.3 Å². The first-order valence-corrected chi connectivity index (χ1v) is 7.19. The lowest BCUT2D eigenvalue weighted by atomic mass is 9.92. The number of rotatable bonds is 4. The van der Waals surface area contributed by atoms with Crippen molar-refractivity contribution in [1.29, 1.82) is 0 Å². The molecule has 0 spiro atoms. The second kappa shape index (κ2) is 5.78. The Morgan fingerprint density at radius 3 is 2.24 bits per heavy atom. The highest BCUT2D eigenvalue weighted by atomic mass is 16.5. The zero-order valence-electron chi connectivity index (χ0n) is 12.4. The van der Waals surface area contributed by atoms with Crippen LogP contribution < -0.4 is 9.47 Å². The van der Waals surface area contributed by atoms with Gasteiger partial charge in [0.1, 0.15) is 11.5 Å². The second-order valence-corrected chi connectivity index (χ2v) is 5.49. The van der Waals surface area contributed by atoms with E-state index in [2.05, 4.69) is 24.3 Å². The zero-order chi connectivity index (χ0) is 14.8. The van der Waals surface area contributed by atoms with Crippen LogP contribution in [0.2, 0.25) is 0 Å². The topological polar surface area (TPSA) is 38.7 Å². The summed E-state index contributed by atoms with van der Waals surface area (Å²) in [5.74, 6) is 1.63. The first-order valence-electron chi connectivity index (χ1n) is 7.19. The van der Waals surface area contributed by atoms with E-state index >= 15 is 0 Å². The highest BCUT2D eigenvalue weighted by molar-refractivity contribution is 5.43. The van der Waals surface area contributed by atoms with E-state index in [0.717, 1.165) is 24.2 Å². The molecule has 1 aliphatic carbocycles. The minimum atomic E-state index is -0.553. The van der Waals surface area contributed by atoms with Gasteiger partial charge in [-0.15, -0.1) is 0 Å². The van der Waals surface area contributed by atoms with Gasteiger partial charge < -0.3 is 14.6 Å². The Kier molecular flexibility index (Phi) is 3.84. The van der Waals surface area contributed by atoms with E-state index in [1.807, 2.05) is 18.2 Å². The molecule has 0 bridgehead atoms. The molecule has 0 saturated carbocycles. The molecule has 110 valence electrons. The molecule has 0 aliphatic heterocycles. The number of aliphatic hydroxyl groups excluding tert-OH is 1. The molecule has 1 N–H and O–H groups in total. The van der Waals surface area contributed by atoms with Crippen LogP contribution in [0.15, 0.2) is 42.5 Å². The van der Waals surface area contributed by atoms with Gasteiger partial charge in [0.15, 0.2) is 0 Å². The highest BCUT2D eigenvalue weighted by Gasteiger charge is 2.30. The Morgan fingerprint density at radius 1 is 1.00 bits per heavy atom. The van der Waals surface area contributed by atoms with Gasteiger partial charge in [-0.2, -0.15) is 0 Å². The van der Waals surface area contributed by atoms with Crippen molar-refractivity contribution in [2.45, 2.75) is 18.9 Å². The summed E-state index contributed by atoms with van der Waals surface area (Å²) >= 11 is 0. The lowest BCUT2D eigenvalue weighted by Crippen LogP contribution is -2.14. The molecule has 0 saturated heterocycles. The summed E-state index contributed by atoms with van der Waals surface area (Å²) in [7, 11) is 3.25. The molecule has 3 heteroatoms. The minimum Gasteiger partial charge on any atom is -0.497 e. The summed E-state index contributed by atoms with van der Waals surface area (Å²) in [6, 6.07) is 14.0. The number of fused-ring (bicyclic) bond motifs is 1. The van der Waals surface area contributed by atoms with E-state index in [9.17, 15) is 5.11 Å². The summed E-state index contributed by atoms with van der Waals surface area (Å²) in [4.78, 5) is 0. The Hall–Kier alpha value is -2.00. The fourth-order valence-electron chi connectivity index (χ4n) is 3.14. The predicted octanol–water partition coefficient (Wildman–Crippen LogP) is 3.15. The average molecular weight is 284 g/mol. The maximum Gasteiger partial charge on any atom is 0.124 e. The number of methoxy groups -OCH3 is 2. The Morgan fingerprint density at radius 2 is 1.67 bits per heavy atom. The van der Waals surface area contributed by atoms with Crippen LogP contribution in [0, 0.1) is 5.92 Å². The average Bonchev–Trinajstić information content (AvgIpc) is 2.97. The maximum absolute atomic E-state index is 10.8. The van der Waals surface area contributed by atoms with E-state index in [1.165, 1.54) is 11.1 Å². The van der Waals surface area contributed by atoms with Crippen LogP contribution in [0.25, 0.3) is 0 Å². The van der Waals surface area contributed by atoms with Gasteiger partial charge in [0, 0.05) is 5.56 Å². The molecule has 0 heterocycles. The third kappa shape index (κ3) is 2.61. The molecule has 2 aromatic rings. The molecule has 1 aliphatic rings. The van der Waals surface area contributed by atoms with E-state index < -0.39 is 6.10 Å². The molecule has 21 heavy (non-hydrogen) atoms. The number of benzene rings is 2. The van der Waals surface area contributed by atoms with Crippen molar-refractivity contribution < 1.29 is 14.6 Å². The Labute approximate surface area is 125 Å². The molecule has 2 aromatic carbocycles. The van der Waals surface area contributed by atoms with Crippen molar-refractivity contribution in [2.75, 3.05) is 14.2 Å². The first-order chi connectivity index (χ1) is 10.2. The third-order valence-electron chi connectivity index (χ3n) is 4.28. The van der Waals surface area contributed by atoms with Crippen LogP contribution in [-0.4, -0.2) is 19.3 Å². The van der Waals surface area contributed by atoms with Crippen molar-refractivity contribution in [3.05, 3.63) is 59.2 Å². The number of ether oxygens (including phenoxy) is 2. The molecule has 3 rings (SSSR count). The van der Waals surface area contributed by atoms with Crippen LogP contribution in [0.1, 0.15) is 22.8 Å². The highest BCUT2D eigenvalue weighted by Crippen LogP contribution is 2.39. The fraction of sp³-hybridized carbons (Fsp3) is 0.333. The molecule has 1 atom stereocenters. The fourth-order valence-corrected chi connectivity index (χ4v) is 3.14. The molecule has 0 fully saturated rings. The second-order valence-electron chi connectivity index (χ2n) is 5.49. The molecular formula is C18H20O3. The van der Waals surface area contributed by atoms with E-state index in [0.29, 0.717) is 5.75 Å². The molecule has 1 unspecified atom stereocenters. The monoisotopic (exact) mass is 284 g/mol. The quantitative estimate of drug-likeness (QED) is 0.937. The van der Waals surface area contributed by atoms with E-state index in [4.69, 9.17) is 9.47 Å². The molecule has 0 aromatic heterocycles. The lowest BCUT2D eigenvalue weighted by molar-refractivity contribution is 0.110. The summed E-state index contributed by atoms with van der Waals surface area (Å²) in [5.41, 5.74) is 3.47. The van der Waals surface area contributed by atoms with Gasteiger partial charge in [-0.25, -0.2) is 0 Å². The van der Waals surface area contributed by atoms with Gasteiger partial charge in [0.25, 0.3) is 0 Å². The van der Waals surface area contributed by atoms with E-state index in [-0.39, 0.29) is 5.92 Å². The predicted molar refractivity (Wildman–Crippen MR) is 81.8 cm³/mol. The molecule has 3 nitrogen and oxygen atoms in total. The summed E-state index contributed by atoms with van der Waals surface area (Å²) < 4.78 is 10.6. The van der Waals surface area contributed by atoms with Crippen molar-refractivity contribution >= 4 is 0 Å². The van der Waals surface area contributed by atoms with Gasteiger partial charge >= 0.3 is 0 Å². The van der Waals surface area contributed by atoms with Crippen molar-refractivity contribution in [1.82, 2.24) is 0 Å². The van der Waals surface area contributed by atoms with Gasteiger partial charge in [-0.05, 0) is 48.1 Å².